The lowest BCUT2D eigenvalue weighted by Gasteiger charge is -2.22. The summed E-state index contributed by atoms with van der Waals surface area (Å²) in [7, 11) is 0. The lowest BCUT2D eigenvalue weighted by molar-refractivity contribution is -0.118. The predicted octanol–water partition coefficient (Wildman–Crippen LogP) is 2.46. The van der Waals surface area contributed by atoms with Gasteiger partial charge in [-0.2, -0.15) is 5.10 Å². The standard InChI is InChI=1S/C20H19FN4O2/c21-16-6-8-17(9-7-16)24(11-10-19(22)26)20(27)12-15-13-23-25(14-15)18-4-2-1-3-5-18/h1-9,13-14H,10-12H2,(H2,22,26). The van der Waals surface area contributed by atoms with Gasteiger partial charge in [0.1, 0.15) is 5.82 Å². The zero-order chi connectivity index (χ0) is 19.2. The van der Waals surface area contributed by atoms with E-state index in [0.717, 1.165) is 11.3 Å². The third-order valence-electron chi connectivity index (χ3n) is 4.03. The van der Waals surface area contributed by atoms with E-state index >= 15 is 0 Å². The molecule has 2 aromatic carbocycles. The van der Waals surface area contributed by atoms with E-state index in [0.29, 0.717) is 5.69 Å². The van der Waals surface area contributed by atoms with Crippen LogP contribution in [0.5, 0.6) is 0 Å². The minimum absolute atomic E-state index is 0.0202. The number of para-hydroxylation sites is 1. The highest BCUT2D eigenvalue weighted by atomic mass is 19.1. The molecule has 0 aliphatic heterocycles. The van der Waals surface area contributed by atoms with Crippen LogP contribution in [0.25, 0.3) is 5.69 Å². The van der Waals surface area contributed by atoms with Crippen molar-refractivity contribution in [1.29, 1.82) is 0 Å². The molecule has 0 fully saturated rings. The van der Waals surface area contributed by atoms with E-state index < -0.39 is 11.7 Å². The molecule has 6 nitrogen and oxygen atoms in total. The fourth-order valence-corrected chi connectivity index (χ4v) is 2.68. The summed E-state index contributed by atoms with van der Waals surface area (Å²) in [6.07, 6.45) is 3.53. The van der Waals surface area contributed by atoms with Gasteiger partial charge in [-0.1, -0.05) is 18.2 Å². The predicted molar refractivity (Wildman–Crippen MR) is 99.8 cm³/mol. The van der Waals surface area contributed by atoms with Crippen LogP contribution in [0.2, 0.25) is 0 Å². The average molecular weight is 366 g/mol. The van der Waals surface area contributed by atoms with Crippen LogP contribution in [-0.2, 0) is 16.0 Å². The molecule has 0 aliphatic rings. The second kappa shape index (κ2) is 8.27. The smallest absolute Gasteiger partial charge is 0.231 e. The summed E-state index contributed by atoms with van der Waals surface area (Å²) < 4.78 is 14.9. The number of nitrogens with two attached hydrogens (primary N) is 1. The Morgan fingerprint density at radius 3 is 2.44 bits per heavy atom. The molecule has 27 heavy (non-hydrogen) atoms. The molecule has 3 aromatic rings. The van der Waals surface area contributed by atoms with Crippen LogP contribution in [0.3, 0.4) is 0 Å². The van der Waals surface area contributed by atoms with Gasteiger partial charge in [0, 0.05) is 24.8 Å². The van der Waals surface area contributed by atoms with Crippen molar-refractivity contribution in [2.75, 3.05) is 11.4 Å². The first-order valence-electron chi connectivity index (χ1n) is 8.46. The maximum Gasteiger partial charge on any atom is 0.231 e. The molecule has 2 amide bonds. The van der Waals surface area contributed by atoms with E-state index in [9.17, 15) is 14.0 Å². The van der Waals surface area contributed by atoms with Gasteiger partial charge in [0.25, 0.3) is 0 Å². The highest BCUT2D eigenvalue weighted by Gasteiger charge is 2.18. The number of halogens is 1. The normalized spacial score (nSPS) is 10.6. The summed E-state index contributed by atoms with van der Waals surface area (Å²) in [6.45, 7) is 0.132. The molecule has 0 aliphatic carbocycles. The van der Waals surface area contributed by atoms with Crippen LogP contribution in [-0.4, -0.2) is 28.1 Å². The molecule has 0 bridgehead atoms. The van der Waals surface area contributed by atoms with Crippen LogP contribution in [0.15, 0.2) is 67.0 Å². The molecule has 2 N–H and O–H groups in total. The Morgan fingerprint density at radius 2 is 1.78 bits per heavy atom. The van der Waals surface area contributed by atoms with E-state index in [-0.39, 0.29) is 25.3 Å². The van der Waals surface area contributed by atoms with Crippen molar-refractivity contribution < 1.29 is 14.0 Å². The molecule has 0 saturated heterocycles. The van der Waals surface area contributed by atoms with Crippen molar-refractivity contribution in [3.8, 4) is 5.69 Å². The second-order valence-electron chi connectivity index (χ2n) is 6.04. The molecule has 3 rings (SSSR count). The van der Waals surface area contributed by atoms with Crippen LogP contribution in [0, 0.1) is 5.82 Å². The zero-order valence-electron chi connectivity index (χ0n) is 14.6. The largest absolute Gasteiger partial charge is 0.370 e. The zero-order valence-corrected chi connectivity index (χ0v) is 14.6. The van der Waals surface area contributed by atoms with Crippen molar-refractivity contribution in [2.45, 2.75) is 12.8 Å². The van der Waals surface area contributed by atoms with Gasteiger partial charge in [-0.3, -0.25) is 9.59 Å². The first-order valence-corrected chi connectivity index (χ1v) is 8.46. The average Bonchev–Trinajstić information content (AvgIpc) is 3.12. The van der Waals surface area contributed by atoms with Crippen molar-refractivity contribution >= 4 is 17.5 Å². The maximum absolute atomic E-state index is 13.2. The number of hydrogen-bond donors (Lipinski definition) is 1. The number of rotatable bonds is 7. The van der Waals surface area contributed by atoms with Crippen LogP contribution < -0.4 is 10.6 Å². The SMILES string of the molecule is NC(=O)CCN(C(=O)Cc1cnn(-c2ccccc2)c1)c1ccc(F)cc1. The fourth-order valence-electron chi connectivity index (χ4n) is 2.68. The van der Waals surface area contributed by atoms with E-state index in [1.54, 1.807) is 17.1 Å². The Labute approximate surface area is 156 Å². The fraction of sp³-hybridized carbons (Fsp3) is 0.150. The van der Waals surface area contributed by atoms with E-state index in [1.807, 2.05) is 30.3 Å². The molecule has 0 atom stereocenters. The Balaban J connectivity index is 1.77. The number of primary amides is 1. The Kier molecular flexibility index (Phi) is 5.61. The molecule has 1 heterocycles. The van der Waals surface area contributed by atoms with Gasteiger partial charge < -0.3 is 10.6 Å². The third kappa shape index (κ3) is 4.78. The molecule has 1 aromatic heterocycles. The number of amides is 2. The van der Waals surface area contributed by atoms with Crippen LogP contribution in [0.1, 0.15) is 12.0 Å². The summed E-state index contributed by atoms with van der Waals surface area (Å²) in [5.41, 5.74) is 7.35. The van der Waals surface area contributed by atoms with Gasteiger partial charge in [0.2, 0.25) is 11.8 Å². The number of benzene rings is 2. The first kappa shape index (κ1) is 18.3. The lowest BCUT2D eigenvalue weighted by Crippen LogP contribution is -2.35. The van der Waals surface area contributed by atoms with Gasteiger partial charge in [-0.05, 0) is 42.0 Å². The van der Waals surface area contributed by atoms with Gasteiger partial charge in [-0.15, -0.1) is 0 Å². The van der Waals surface area contributed by atoms with Crippen molar-refractivity contribution in [3.63, 3.8) is 0 Å². The summed E-state index contributed by atoms with van der Waals surface area (Å²) >= 11 is 0. The Hall–Kier alpha value is -3.48. The number of hydrogen-bond acceptors (Lipinski definition) is 3. The van der Waals surface area contributed by atoms with E-state index in [2.05, 4.69) is 5.10 Å². The molecule has 7 heteroatoms. The Morgan fingerprint density at radius 1 is 1.07 bits per heavy atom. The van der Waals surface area contributed by atoms with E-state index in [1.165, 1.54) is 29.2 Å². The summed E-state index contributed by atoms with van der Waals surface area (Å²) in [4.78, 5) is 25.4. The van der Waals surface area contributed by atoms with Crippen molar-refractivity contribution in [2.24, 2.45) is 5.73 Å². The molecule has 0 unspecified atom stereocenters. The highest BCUT2D eigenvalue weighted by Crippen LogP contribution is 2.17. The maximum atomic E-state index is 13.2. The number of anilines is 1. The highest BCUT2D eigenvalue weighted by molar-refractivity contribution is 5.95. The Bertz CT molecular complexity index is 923. The van der Waals surface area contributed by atoms with Crippen molar-refractivity contribution in [1.82, 2.24) is 9.78 Å². The van der Waals surface area contributed by atoms with Gasteiger partial charge >= 0.3 is 0 Å². The summed E-state index contributed by atoms with van der Waals surface area (Å²) in [5, 5.41) is 4.28. The summed E-state index contributed by atoms with van der Waals surface area (Å²) in [5.74, 6) is -1.13. The quantitative estimate of drug-likeness (QED) is 0.697. The van der Waals surface area contributed by atoms with Gasteiger partial charge in [-0.25, -0.2) is 9.07 Å². The molecule has 0 radical (unpaired) electrons. The number of carbonyl (C=O) groups excluding carboxylic acids is 2. The minimum atomic E-state index is -0.508. The van der Waals surface area contributed by atoms with Crippen LogP contribution >= 0.6 is 0 Å². The monoisotopic (exact) mass is 366 g/mol. The van der Waals surface area contributed by atoms with Crippen LogP contribution in [0.4, 0.5) is 10.1 Å². The summed E-state index contributed by atoms with van der Waals surface area (Å²) in [6, 6.07) is 15.1. The number of carbonyl (C=O) groups is 2. The number of nitrogens with zero attached hydrogens (tertiary/aromatic N) is 3. The minimum Gasteiger partial charge on any atom is -0.370 e. The molecular weight excluding hydrogens is 347 g/mol. The molecule has 0 spiro atoms. The van der Waals surface area contributed by atoms with Crippen molar-refractivity contribution in [3.05, 3.63) is 78.4 Å². The lowest BCUT2D eigenvalue weighted by atomic mass is 10.2. The molecule has 138 valence electrons. The van der Waals surface area contributed by atoms with Gasteiger partial charge in [0.15, 0.2) is 0 Å². The number of aromatic nitrogens is 2. The first-order chi connectivity index (χ1) is 13.0. The second-order valence-corrected chi connectivity index (χ2v) is 6.04. The topological polar surface area (TPSA) is 81.2 Å². The molecule has 0 saturated carbocycles. The third-order valence-corrected chi connectivity index (χ3v) is 4.03. The van der Waals surface area contributed by atoms with Gasteiger partial charge in [0.05, 0.1) is 18.3 Å². The molecular formula is C20H19FN4O2. The van der Waals surface area contributed by atoms with E-state index in [4.69, 9.17) is 5.73 Å².